The van der Waals surface area contributed by atoms with Crippen LogP contribution in [0.3, 0.4) is 0 Å². The van der Waals surface area contributed by atoms with Crippen LogP contribution < -0.4 is 0 Å². The van der Waals surface area contributed by atoms with Crippen LogP contribution in [0.15, 0.2) is 24.3 Å². The monoisotopic (exact) mass is 299 g/mol. The Hall–Kier alpha value is -0.940. The SMILES string of the molecule is CS(=O)(=O)CC1CCCN(CCc2cccc(F)c2)C1. The Kier molecular flexibility index (Phi) is 5.16. The van der Waals surface area contributed by atoms with E-state index in [0.29, 0.717) is 0 Å². The lowest BCUT2D eigenvalue weighted by molar-refractivity contribution is 0.187. The number of benzene rings is 1. The van der Waals surface area contributed by atoms with Gasteiger partial charge >= 0.3 is 0 Å². The summed E-state index contributed by atoms with van der Waals surface area (Å²) in [7, 11) is -2.90. The van der Waals surface area contributed by atoms with Crippen molar-refractivity contribution in [2.24, 2.45) is 5.92 Å². The normalized spacial score (nSPS) is 21.0. The molecule has 0 spiro atoms. The van der Waals surface area contributed by atoms with Crippen molar-refractivity contribution in [1.82, 2.24) is 4.90 Å². The van der Waals surface area contributed by atoms with Gasteiger partial charge in [0.05, 0.1) is 5.75 Å². The average molecular weight is 299 g/mol. The van der Waals surface area contributed by atoms with E-state index in [1.165, 1.54) is 12.3 Å². The highest BCUT2D eigenvalue weighted by atomic mass is 32.2. The molecule has 2 rings (SSSR count). The van der Waals surface area contributed by atoms with E-state index in [1.807, 2.05) is 6.07 Å². The summed E-state index contributed by atoms with van der Waals surface area (Å²) in [5, 5.41) is 0. The van der Waals surface area contributed by atoms with Crippen LogP contribution >= 0.6 is 0 Å². The molecule has 1 fully saturated rings. The summed E-state index contributed by atoms with van der Waals surface area (Å²) >= 11 is 0. The molecule has 1 saturated heterocycles. The van der Waals surface area contributed by atoms with Crippen molar-refractivity contribution in [3.63, 3.8) is 0 Å². The van der Waals surface area contributed by atoms with Gasteiger partial charge in [-0.1, -0.05) is 12.1 Å². The molecule has 0 amide bonds. The molecule has 112 valence electrons. The topological polar surface area (TPSA) is 37.4 Å². The van der Waals surface area contributed by atoms with Gasteiger partial charge < -0.3 is 4.90 Å². The number of rotatable bonds is 5. The molecule has 0 bridgehead atoms. The fourth-order valence-electron chi connectivity index (χ4n) is 2.90. The first-order valence-corrected chi connectivity index (χ1v) is 9.13. The highest BCUT2D eigenvalue weighted by molar-refractivity contribution is 7.90. The number of hydrogen-bond donors (Lipinski definition) is 0. The number of halogens is 1. The molecule has 1 aliphatic heterocycles. The zero-order valence-electron chi connectivity index (χ0n) is 11.9. The molecule has 1 aromatic rings. The largest absolute Gasteiger partial charge is 0.303 e. The van der Waals surface area contributed by atoms with Crippen LogP contribution in [0.5, 0.6) is 0 Å². The smallest absolute Gasteiger partial charge is 0.147 e. The van der Waals surface area contributed by atoms with E-state index in [-0.39, 0.29) is 17.5 Å². The van der Waals surface area contributed by atoms with Gasteiger partial charge in [-0.2, -0.15) is 0 Å². The number of hydrogen-bond acceptors (Lipinski definition) is 3. The summed E-state index contributed by atoms with van der Waals surface area (Å²) in [4.78, 5) is 2.30. The second-order valence-corrected chi connectivity index (χ2v) is 7.97. The maximum Gasteiger partial charge on any atom is 0.147 e. The minimum atomic E-state index is -2.90. The second kappa shape index (κ2) is 6.68. The highest BCUT2D eigenvalue weighted by Crippen LogP contribution is 2.18. The Balaban J connectivity index is 1.84. The first-order valence-electron chi connectivity index (χ1n) is 7.07. The third-order valence-corrected chi connectivity index (χ3v) is 4.82. The third kappa shape index (κ3) is 5.21. The zero-order valence-corrected chi connectivity index (χ0v) is 12.7. The van der Waals surface area contributed by atoms with Crippen molar-refractivity contribution < 1.29 is 12.8 Å². The Morgan fingerprint density at radius 1 is 1.40 bits per heavy atom. The summed E-state index contributed by atoms with van der Waals surface area (Å²) in [6.07, 6.45) is 4.15. The third-order valence-electron chi connectivity index (χ3n) is 3.75. The molecular formula is C15H22FNO2S. The van der Waals surface area contributed by atoms with Crippen LogP contribution in [0.1, 0.15) is 18.4 Å². The first kappa shape index (κ1) is 15.4. The molecule has 5 heteroatoms. The summed E-state index contributed by atoms with van der Waals surface area (Å²) in [5.74, 6) is 0.325. The molecule has 0 radical (unpaired) electrons. The van der Waals surface area contributed by atoms with Gasteiger partial charge in [0.25, 0.3) is 0 Å². The Bertz CT molecular complexity index is 545. The number of likely N-dealkylation sites (tertiary alicyclic amines) is 1. The van der Waals surface area contributed by atoms with E-state index in [2.05, 4.69) is 4.90 Å². The number of piperidine rings is 1. The summed E-state index contributed by atoms with van der Waals surface area (Å²) in [6, 6.07) is 6.68. The van der Waals surface area contributed by atoms with Gasteiger partial charge in [-0.05, 0) is 49.4 Å². The lowest BCUT2D eigenvalue weighted by Gasteiger charge is -2.32. The first-order chi connectivity index (χ1) is 9.42. The van der Waals surface area contributed by atoms with Crippen molar-refractivity contribution >= 4 is 9.84 Å². The van der Waals surface area contributed by atoms with E-state index in [9.17, 15) is 12.8 Å². The molecule has 0 N–H and O–H groups in total. The second-order valence-electron chi connectivity index (χ2n) is 5.78. The van der Waals surface area contributed by atoms with Crippen molar-refractivity contribution in [3.05, 3.63) is 35.6 Å². The van der Waals surface area contributed by atoms with Gasteiger partial charge in [0, 0.05) is 19.3 Å². The Morgan fingerprint density at radius 3 is 2.90 bits per heavy atom. The molecule has 1 unspecified atom stereocenters. The number of sulfone groups is 1. The van der Waals surface area contributed by atoms with E-state index < -0.39 is 9.84 Å². The molecule has 1 aliphatic rings. The molecule has 0 saturated carbocycles. The van der Waals surface area contributed by atoms with Gasteiger partial charge in [0.2, 0.25) is 0 Å². The van der Waals surface area contributed by atoms with Gasteiger partial charge in [-0.3, -0.25) is 0 Å². The van der Waals surface area contributed by atoms with Gasteiger partial charge in [-0.15, -0.1) is 0 Å². The Labute approximate surface area is 120 Å². The van der Waals surface area contributed by atoms with Crippen molar-refractivity contribution in [2.75, 3.05) is 31.6 Å². The summed E-state index contributed by atoms with van der Waals surface area (Å²) < 4.78 is 35.8. The average Bonchev–Trinajstić information content (AvgIpc) is 2.35. The fraction of sp³-hybridized carbons (Fsp3) is 0.600. The summed E-state index contributed by atoms with van der Waals surface area (Å²) in [6.45, 7) is 2.71. The minimum absolute atomic E-state index is 0.198. The van der Waals surface area contributed by atoms with Crippen molar-refractivity contribution in [2.45, 2.75) is 19.3 Å². The maximum absolute atomic E-state index is 13.1. The van der Waals surface area contributed by atoms with Crippen LogP contribution in [-0.2, 0) is 16.3 Å². The quantitative estimate of drug-likeness (QED) is 0.836. The lowest BCUT2D eigenvalue weighted by Crippen LogP contribution is -2.39. The highest BCUT2D eigenvalue weighted by Gasteiger charge is 2.22. The van der Waals surface area contributed by atoms with Crippen molar-refractivity contribution in [3.8, 4) is 0 Å². The molecule has 1 heterocycles. The molecule has 1 aromatic carbocycles. The molecule has 1 atom stereocenters. The predicted molar refractivity (Wildman–Crippen MR) is 79.0 cm³/mol. The van der Waals surface area contributed by atoms with E-state index >= 15 is 0 Å². The van der Waals surface area contributed by atoms with Crippen molar-refractivity contribution in [1.29, 1.82) is 0 Å². The van der Waals surface area contributed by atoms with E-state index in [4.69, 9.17) is 0 Å². The van der Waals surface area contributed by atoms with Crippen LogP contribution in [0.25, 0.3) is 0 Å². The molecule has 0 aliphatic carbocycles. The van der Waals surface area contributed by atoms with Gasteiger partial charge in [-0.25, -0.2) is 12.8 Å². The molecule has 3 nitrogen and oxygen atoms in total. The predicted octanol–water partition coefficient (Wildman–Crippen LogP) is 2.12. The molecule has 0 aromatic heterocycles. The Morgan fingerprint density at radius 2 is 2.20 bits per heavy atom. The van der Waals surface area contributed by atoms with Gasteiger partial charge in [0.1, 0.15) is 15.7 Å². The van der Waals surface area contributed by atoms with E-state index in [1.54, 1.807) is 12.1 Å². The fourth-order valence-corrected chi connectivity index (χ4v) is 4.03. The van der Waals surface area contributed by atoms with Crippen LogP contribution in [0.2, 0.25) is 0 Å². The zero-order chi connectivity index (χ0) is 14.6. The standard InChI is InChI=1S/C15H22FNO2S/c1-20(18,19)12-14-5-3-8-17(11-14)9-7-13-4-2-6-15(16)10-13/h2,4,6,10,14H,3,5,7-9,11-12H2,1H3. The number of nitrogens with zero attached hydrogens (tertiary/aromatic N) is 1. The maximum atomic E-state index is 13.1. The van der Waals surface area contributed by atoms with Crippen LogP contribution in [0, 0.1) is 11.7 Å². The summed E-state index contributed by atoms with van der Waals surface area (Å²) in [5.41, 5.74) is 0.996. The lowest BCUT2D eigenvalue weighted by atomic mass is 9.99. The molecular weight excluding hydrogens is 277 g/mol. The van der Waals surface area contributed by atoms with Gasteiger partial charge in [0.15, 0.2) is 0 Å². The van der Waals surface area contributed by atoms with E-state index in [0.717, 1.165) is 44.5 Å². The van der Waals surface area contributed by atoms with Crippen LogP contribution in [0.4, 0.5) is 4.39 Å². The van der Waals surface area contributed by atoms with Crippen LogP contribution in [-0.4, -0.2) is 45.0 Å². The minimum Gasteiger partial charge on any atom is -0.303 e. The molecule has 20 heavy (non-hydrogen) atoms.